The van der Waals surface area contributed by atoms with E-state index in [9.17, 15) is 9.59 Å². The fourth-order valence-electron chi connectivity index (χ4n) is 3.37. The molecule has 1 aromatic heterocycles. The monoisotopic (exact) mass is 258 g/mol. The molecule has 2 aliphatic carbocycles. The van der Waals surface area contributed by atoms with Gasteiger partial charge in [-0.25, -0.2) is 0 Å². The maximum atomic E-state index is 12.3. The number of fused-ring (bicyclic) bond motifs is 2. The van der Waals surface area contributed by atoms with Crippen molar-refractivity contribution in [2.75, 3.05) is 5.32 Å². The van der Waals surface area contributed by atoms with Crippen LogP contribution >= 0.6 is 0 Å². The molecule has 3 atom stereocenters. The molecule has 0 aromatic carbocycles. The number of ketones is 1. The first-order chi connectivity index (χ1) is 9.24. The molecule has 0 spiro atoms. The van der Waals surface area contributed by atoms with Crippen molar-refractivity contribution in [1.29, 1.82) is 0 Å². The minimum Gasteiger partial charge on any atom is -0.324 e. The predicted molar refractivity (Wildman–Crippen MR) is 71.4 cm³/mol. The first kappa shape index (κ1) is 12.3. The normalized spacial score (nSPS) is 29.9. The zero-order chi connectivity index (χ0) is 13.2. The Morgan fingerprint density at radius 1 is 1.26 bits per heavy atom. The van der Waals surface area contributed by atoms with Crippen LogP contribution in [-0.2, 0) is 9.59 Å². The average molecular weight is 258 g/mol. The zero-order valence-electron chi connectivity index (χ0n) is 10.8. The second-order valence-electron chi connectivity index (χ2n) is 5.63. The fraction of sp³-hybridized carbons (Fsp3) is 0.533. The van der Waals surface area contributed by atoms with Crippen molar-refractivity contribution < 1.29 is 9.59 Å². The van der Waals surface area contributed by atoms with Crippen LogP contribution in [0.1, 0.15) is 32.1 Å². The Morgan fingerprint density at radius 2 is 2.00 bits per heavy atom. The highest BCUT2D eigenvalue weighted by Gasteiger charge is 2.41. The molecule has 1 aromatic rings. The van der Waals surface area contributed by atoms with Gasteiger partial charge in [-0.3, -0.25) is 14.6 Å². The minimum absolute atomic E-state index is 0.0202. The summed E-state index contributed by atoms with van der Waals surface area (Å²) in [6, 6.07) is 3.63. The molecule has 1 N–H and O–H groups in total. The Kier molecular flexibility index (Phi) is 3.32. The Hall–Kier alpha value is -1.71. The average Bonchev–Trinajstić information content (AvgIpc) is 2.39. The van der Waals surface area contributed by atoms with Crippen LogP contribution in [0.15, 0.2) is 24.5 Å². The Morgan fingerprint density at radius 3 is 2.63 bits per heavy atom. The summed E-state index contributed by atoms with van der Waals surface area (Å²) in [5, 5.41) is 2.90. The minimum atomic E-state index is -0.0202. The van der Waals surface area contributed by atoms with Gasteiger partial charge in [-0.15, -0.1) is 0 Å². The Bertz CT molecular complexity index is 470. The highest BCUT2D eigenvalue weighted by atomic mass is 16.2. The van der Waals surface area contributed by atoms with Gasteiger partial charge in [-0.2, -0.15) is 0 Å². The van der Waals surface area contributed by atoms with Crippen molar-refractivity contribution in [1.82, 2.24) is 4.98 Å². The van der Waals surface area contributed by atoms with Crippen molar-refractivity contribution >= 4 is 17.4 Å². The molecule has 19 heavy (non-hydrogen) atoms. The molecule has 100 valence electrons. The predicted octanol–water partition coefficient (Wildman–Crippen LogP) is 2.42. The third-order valence-corrected chi connectivity index (χ3v) is 4.35. The maximum absolute atomic E-state index is 12.3. The van der Waals surface area contributed by atoms with Gasteiger partial charge in [-0.05, 0) is 37.8 Å². The zero-order valence-corrected chi connectivity index (χ0v) is 10.8. The van der Waals surface area contributed by atoms with Gasteiger partial charge >= 0.3 is 0 Å². The third kappa shape index (κ3) is 2.53. The number of nitrogens with one attached hydrogen (secondary N) is 1. The molecule has 1 unspecified atom stereocenters. The van der Waals surface area contributed by atoms with Gasteiger partial charge in [0.15, 0.2) is 0 Å². The van der Waals surface area contributed by atoms with Crippen molar-refractivity contribution in [2.24, 2.45) is 17.8 Å². The lowest BCUT2D eigenvalue weighted by Crippen LogP contribution is -2.40. The van der Waals surface area contributed by atoms with E-state index in [4.69, 9.17) is 0 Å². The number of hydrogen-bond acceptors (Lipinski definition) is 3. The smallest absolute Gasteiger partial charge is 0.227 e. The first-order valence-corrected chi connectivity index (χ1v) is 6.98. The summed E-state index contributed by atoms with van der Waals surface area (Å²) in [4.78, 5) is 28.2. The van der Waals surface area contributed by atoms with Crippen LogP contribution in [-0.4, -0.2) is 16.7 Å². The molecule has 1 heterocycles. The van der Waals surface area contributed by atoms with Crippen LogP contribution in [0.25, 0.3) is 0 Å². The van der Waals surface area contributed by atoms with Crippen LogP contribution in [0, 0.1) is 17.8 Å². The molecule has 2 saturated carbocycles. The topological polar surface area (TPSA) is 59.1 Å². The van der Waals surface area contributed by atoms with Gasteiger partial charge in [0.2, 0.25) is 5.91 Å². The number of anilines is 1. The number of carbonyl (C=O) groups excluding carboxylic acids is 2. The molecule has 0 aliphatic heterocycles. The van der Waals surface area contributed by atoms with Crippen molar-refractivity contribution in [2.45, 2.75) is 32.1 Å². The van der Waals surface area contributed by atoms with E-state index in [1.807, 2.05) is 6.07 Å². The number of amides is 1. The summed E-state index contributed by atoms with van der Waals surface area (Å²) in [5.41, 5.74) is 0.731. The molecule has 4 heteroatoms. The van der Waals surface area contributed by atoms with Gasteiger partial charge in [0.25, 0.3) is 0 Å². The second-order valence-corrected chi connectivity index (χ2v) is 5.63. The van der Waals surface area contributed by atoms with Gasteiger partial charge in [-0.1, -0.05) is 6.42 Å². The van der Waals surface area contributed by atoms with Gasteiger partial charge in [0.05, 0.1) is 11.9 Å². The van der Waals surface area contributed by atoms with Crippen molar-refractivity contribution in [3.8, 4) is 0 Å². The lowest BCUT2D eigenvalue weighted by atomic mass is 9.67. The Balaban J connectivity index is 1.66. The first-order valence-electron chi connectivity index (χ1n) is 6.98. The molecular formula is C15H18N2O2. The number of rotatable bonds is 2. The Labute approximate surface area is 112 Å². The third-order valence-electron chi connectivity index (χ3n) is 4.35. The number of Topliss-reactive ketones (excluding diaryl/α,β-unsaturated/α-hetero) is 1. The van der Waals surface area contributed by atoms with Gasteiger partial charge in [0, 0.05) is 24.0 Å². The summed E-state index contributed by atoms with van der Waals surface area (Å²) in [7, 11) is 0. The molecule has 2 aliphatic rings. The van der Waals surface area contributed by atoms with E-state index in [1.165, 1.54) is 0 Å². The summed E-state index contributed by atoms with van der Waals surface area (Å²) in [6.07, 6.45) is 7.84. The standard InChI is InChI=1S/C15H18N2O2/c18-14-10-3-1-4-11(14)8-12(7-10)15(19)17-13-5-2-6-16-9-13/h2,5-6,9-12H,1,3-4,7-8H2,(H,17,19)/t10-,11+,12?. The molecule has 3 rings (SSSR count). The van der Waals surface area contributed by atoms with Crippen LogP contribution in [0.3, 0.4) is 0 Å². The van der Waals surface area contributed by atoms with E-state index in [1.54, 1.807) is 18.5 Å². The molecule has 1 amide bonds. The lowest BCUT2D eigenvalue weighted by Gasteiger charge is -2.36. The summed E-state index contributed by atoms with van der Waals surface area (Å²) >= 11 is 0. The number of carbonyl (C=O) groups is 2. The molecular weight excluding hydrogens is 240 g/mol. The van der Waals surface area contributed by atoms with Crippen LogP contribution in [0.5, 0.6) is 0 Å². The number of aromatic nitrogens is 1. The van der Waals surface area contributed by atoms with E-state index < -0.39 is 0 Å². The molecule has 4 nitrogen and oxygen atoms in total. The van der Waals surface area contributed by atoms with E-state index >= 15 is 0 Å². The van der Waals surface area contributed by atoms with Gasteiger partial charge < -0.3 is 5.32 Å². The maximum Gasteiger partial charge on any atom is 0.227 e. The van der Waals surface area contributed by atoms with Gasteiger partial charge in [0.1, 0.15) is 5.78 Å². The number of nitrogens with zero attached hydrogens (tertiary/aromatic N) is 1. The number of pyridine rings is 1. The largest absolute Gasteiger partial charge is 0.324 e. The SMILES string of the molecule is O=C(Nc1cccnc1)C1C[C@H]2CCC[C@@H](C1)C2=O. The van der Waals surface area contributed by atoms with E-state index in [2.05, 4.69) is 10.3 Å². The molecule has 2 bridgehead atoms. The van der Waals surface area contributed by atoms with E-state index in [0.717, 1.165) is 37.8 Å². The lowest BCUT2D eigenvalue weighted by molar-refractivity contribution is -0.136. The van der Waals surface area contributed by atoms with Crippen molar-refractivity contribution in [3.63, 3.8) is 0 Å². The molecule has 0 saturated heterocycles. The second kappa shape index (κ2) is 5.11. The van der Waals surface area contributed by atoms with Crippen LogP contribution < -0.4 is 5.32 Å². The van der Waals surface area contributed by atoms with Crippen molar-refractivity contribution in [3.05, 3.63) is 24.5 Å². The molecule has 2 fully saturated rings. The summed E-state index contributed by atoms with van der Waals surface area (Å²) in [5.74, 6) is 0.664. The molecule has 0 radical (unpaired) electrons. The quantitative estimate of drug-likeness (QED) is 0.886. The van der Waals surface area contributed by atoms with E-state index in [-0.39, 0.29) is 23.7 Å². The van der Waals surface area contributed by atoms with Crippen LogP contribution in [0.2, 0.25) is 0 Å². The number of hydrogen-bond donors (Lipinski definition) is 1. The summed E-state index contributed by atoms with van der Waals surface area (Å²) in [6.45, 7) is 0. The van der Waals surface area contributed by atoms with E-state index in [0.29, 0.717) is 5.78 Å². The highest BCUT2D eigenvalue weighted by molar-refractivity contribution is 5.95. The van der Waals surface area contributed by atoms with Crippen LogP contribution in [0.4, 0.5) is 5.69 Å². The highest BCUT2D eigenvalue weighted by Crippen LogP contribution is 2.40. The fourth-order valence-corrected chi connectivity index (χ4v) is 3.37. The summed E-state index contributed by atoms with van der Waals surface area (Å²) < 4.78 is 0.